The number of fused-ring (bicyclic) bond motifs is 1. The van der Waals surface area contributed by atoms with Crippen LogP contribution in [-0.2, 0) is 9.53 Å². The lowest BCUT2D eigenvalue weighted by Crippen LogP contribution is -2.55. The van der Waals surface area contributed by atoms with Crippen LogP contribution in [0.15, 0.2) is 23.8 Å². The molecular weight excluding hydrogens is 328 g/mol. The number of aliphatic hydroxyl groups excluding tert-OH is 2. The fourth-order valence-corrected chi connectivity index (χ4v) is 5.60. The maximum atomic E-state index is 11.4. The van der Waals surface area contributed by atoms with Crippen LogP contribution in [0, 0.1) is 22.7 Å². The molecule has 2 N–H and O–H groups in total. The minimum atomic E-state index is -0.491. The Bertz CT molecular complexity index is 566. The average molecular weight is 365 g/mol. The van der Waals surface area contributed by atoms with Gasteiger partial charge in [0.2, 0.25) is 0 Å². The molecular formula is C22H36O4. The van der Waals surface area contributed by atoms with Gasteiger partial charge in [-0.1, -0.05) is 38.5 Å². The predicted octanol–water partition coefficient (Wildman–Crippen LogP) is 4.02. The number of allylic oxidation sites excluding steroid dienone is 1. The molecule has 0 aromatic heterocycles. The average Bonchev–Trinajstić information content (AvgIpc) is 2.56. The van der Waals surface area contributed by atoms with Crippen molar-refractivity contribution in [3.8, 4) is 0 Å². The van der Waals surface area contributed by atoms with Gasteiger partial charge in [0.05, 0.1) is 19.3 Å². The van der Waals surface area contributed by atoms with E-state index in [0.717, 1.165) is 37.7 Å². The summed E-state index contributed by atoms with van der Waals surface area (Å²) < 4.78 is 5.43. The summed E-state index contributed by atoms with van der Waals surface area (Å²) in [7, 11) is 0. The lowest BCUT2D eigenvalue weighted by atomic mass is 9.46. The molecule has 0 saturated heterocycles. The first-order valence-corrected chi connectivity index (χ1v) is 9.90. The second-order valence-corrected chi connectivity index (χ2v) is 9.00. The van der Waals surface area contributed by atoms with E-state index in [0.29, 0.717) is 18.9 Å². The molecule has 4 heteroatoms. The summed E-state index contributed by atoms with van der Waals surface area (Å²) >= 11 is 0. The summed E-state index contributed by atoms with van der Waals surface area (Å²) in [5.41, 5.74) is 2.09. The van der Waals surface area contributed by atoms with Gasteiger partial charge in [0, 0.05) is 12.3 Å². The largest absolute Gasteiger partial charge is 0.465 e. The Balaban J connectivity index is 2.27. The molecule has 2 saturated carbocycles. The van der Waals surface area contributed by atoms with Gasteiger partial charge in [-0.3, -0.25) is 4.79 Å². The third-order valence-corrected chi connectivity index (χ3v) is 7.10. The molecule has 0 radical (unpaired) electrons. The van der Waals surface area contributed by atoms with Gasteiger partial charge in [0.15, 0.2) is 0 Å². The van der Waals surface area contributed by atoms with Crippen LogP contribution < -0.4 is 0 Å². The molecule has 0 heterocycles. The van der Waals surface area contributed by atoms with Gasteiger partial charge in [0.1, 0.15) is 0 Å². The zero-order valence-electron chi connectivity index (χ0n) is 16.9. The molecule has 5 atom stereocenters. The van der Waals surface area contributed by atoms with Gasteiger partial charge in [-0.15, -0.1) is 0 Å². The third kappa shape index (κ3) is 4.23. The van der Waals surface area contributed by atoms with E-state index in [9.17, 15) is 9.90 Å². The van der Waals surface area contributed by atoms with Gasteiger partial charge < -0.3 is 14.9 Å². The van der Waals surface area contributed by atoms with E-state index in [2.05, 4.69) is 20.4 Å². The van der Waals surface area contributed by atoms with Crippen LogP contribution in [0.2, 0.25) is 0 Å². The van der Waals surface area contributed by atoms with Crippen molar-refractivity contribution in [1.29, 1.82) is 0 Å². The highest BCUT2D eigenvalue weighted by Gasteiger charge is 2.56. The van der Waals surface area contributed by atoms with Gasteiger partial charge in [0.25, 0.3) is 0 Å². The topological polar surface area (TPSA) is 66.8 Å². The molecule has 5 unspecified atom stereocenters. The van der Waals surface area contributed by atoms with Crippen molar-refractivity contribution in [3.05, 3.63) is 23.8 Å². The minimum Gasteiger partial charge on any atom is -0.465 e. The fourth-order valence-electron chi connectivity index (χ4n) is 5.60. The lowest BCUT2D eigenvalue weighted by Gasteiger charge is -2.59. The predicted molar refractivity (Wildman–Crippen MR) is 104 cm³/mol. The summed E-state index contributed by atoms with van der Waals surface area (Å²) in [6.07, 6.45) is 7.16. The molecule has 0 aliphatic heterocycles. The van der Waals surface area contributed by atoms with Crippen molar-refractivity contribution in [3.63, 3.8) is 0 Å². The van der Waals surface area contributed by atoms with Crippen LogP contribution in [-0.4, -0.2) is 35.5 Å². The summed E-state index contributed by atoms with van der Waals surface area (Å²) in [6.45, 7) is 12.8. The van der Waals surface area contributed by atoms with E-state index in [1.807, 2.05) is 13.0 Å². The Morgan fingerprint density at radius 2 is 2.04 bits per heavy atom. The first kappa shape index (κ1) is 21.2. The maximum absolute atomic E-state index is 11.4. The highest BCUT2D eigenvalue weighted by molar-refractivity contribution is 5.65. The van der Waals surface area contributed by atoms with E-state index in [1.165, 1.54) is 12.5 Å². The summed E-state index contributed by atoms with van der Waals surface area (Å²) in [6, 6.07) is 0. The van der Waals surface area contributed by atoms with E-state index in [-0.39, 0.29) is 29.3 Å². The normalized spacial score (nSPS) is 38.0. The van der Waals surface area contributed by atoms with Crippen molar-refractivity contribution in [2.45, 2.75) is 72.3 Å². The number of hydrogen-bond acceptors (Lipinski definition) is 4. The molecule has 0 amide bonds. The van der Waals surface area contributed by atoms with Gasteiger partial charge in [-0.25, -0.2) is 0 Å². The number of ether oxygens (including phenoxy) is 1. The zero-order valence-corrected chi connectivity index (χ0v) is 16.9. The third-order valence-electron chi connectivity index (χ3n) is 7.10. The quantitative estimate of drug-likeness (QED) is 0.552. The molecule has 148 valence electrons. The van der Waals surface area contributed by atoms with Crippen LogP contribution in [0.25, 0.3) is 0 Å². The minimum absolute atomic E-state index is 0.0585. The zero-order chi connectivity index (χ0) is 19.5. The monoisotopic (exact) mass is 364 g/mol. The highest BCUT2D eigenvalue weighted by Crippen LogP contribution is 2.62. The van der Waals surface area contributed by atoms with Crippen LogP contribution in [0.1, 0.15) is 66.2 Å². The summed E-state index contributed by atoms with van der Waals surface area (Å²) in [5, 5.41) is 19.8. The molecule has 0 spiro atoms. The van der Waals surface area contributed by atoms with Crippen LogP contribution in [0.5, 0.6) is 0 Å². The standard InChI is InChI=1S/C22H36O4/c1-15(9-12-23)7-8-18-16(2)19(25)13-20-21(4,14-26-17(3)24)10-6-11-22(18,20)5/h9,18-20,23,25H,2,6-8,10-14H2,1,3-5H3. The molecule has 4 nitrogen and oxygen atoms in total. The van der Waals surface area contributed by atoms with Gasteiger partial charge in [-0.05, 0) is 61.9 Å². The number of carbonyl (C=O) groups excluding carboxylic acids is 1. The molecule has 2 aliphatic rings. The van der Waals surface area contributed by atoms with Crippen LogP contribution in [0.3, 0.4) is 0 Å². The van der Waals surface area contributed by atoms with Crippen molar-refractivity contribution < 1.29 is 19.7 Å². The molecule has 2 fully saturated rings. The second-order valence-electron chi connectivity index (χ2n) is 9.00. The molecule has 0 bridgehead atoms. The Morgan fingerprint density at radius 3 is 2.65 bits per heavy atom. The van der Waals surface area contributed by atoms with E-state index >= 15 is 0 Å². The smallest absolute Gasteiger partial charge is 0.302 e. The van der Waals surface area contributed by atoms with Crippen molar-refractivity contribution in [2.75, 3.05) is 13.2 Å². The van der Waals surface area contributed by atoms with E-state index < -0.39 is 6.10 Å². The van der Waals surface area contributed by atoms with Crippen molar-refractivity contribution in [2.24, 2.45) is 22.7 Å². The molecule has 26 heavy (non-hydrogen) atoms. The Labute approximate surface area is 158 Å². The first-order chi connectivity index (χ1) is 12.1. The van der Waals surface area contributed by atoms with Gasteiger partial charge in [-0.2, -0.15) is 0 Å². The molecule has 0 aromatic rings. The Hall–Kier alpha value is -1.13. The second kappa shape index (κ2) is 8.26. The number of aliphatic hydroxyl groups is 2. The van der Waals surface area contributed by atoms with Crippen LogP contribution in [0.4, 0.5) is 0 Å². The fraction of sp³-hybridized carbons (Fsp3) is 0.773. The van der Waals surface area contributed by atoms with Crippen molar-refractivity contribution in [1.82, 2.24) is 0 Å². The molecule has 2 aliphatic carbocycles. The van der Waals surface area contributed by atoms with Crippen molar-refractivity contribution >= 4 is 5.97 Å². The highest BCUT2D eigenvalue weighted by atomic mass is 16.5. The summed E-state index contributed by atoms with van der Waals surface area (Å²) in [5.74, 6) is 0.312. The SMILES string of the molecule is C=C1C(O)CC2C(C)(COC(C)=O)CCCC2(C)C1CCC(C)=CCO. The maximum Gasteiger partial charge on any atom is 0.302 e. The number of hydrogen-bond donors (Lipinski definition) is 2. The Kier molecular flexibility index (Phi) is 6.73. The summed E-state index contributed by atoms with van der Waals surface area (Å²) in [4.78, 5) is 11.4. The van der Waals surface area contributed by atoms with Gasteiger partial charge >= 0.3 is 5.97 Å². The number of rotatable bonds is 6. The Morgan fingerprint density at radius 1 is 1.35 bits per heavy atom. The number of carbonyl (C=O) groups is 1. The molecule has 0 aromatic carbocycles. The number of esters is 1. The first-order valence-electron chi connectivity index (χ1n) is 9.90. The van der Waals surface area contributed by atoms with E-state index in [1.54, 1.807) is 0 Å². The molecule has 2 rings (SSSR count). The van der Waals surface area contributed by atoms with E-state index in [4.69, 9.17) is 9.84 Å². The lowest BCUT2D eigenvalue weighted by molar-refractivity contribution is -0.155. The van der Waals surface area contributed by atoms with Crippen LogP contribution >= 0.6 is 0 Å².